The Kier molecular flexibility index (Phi) is 9.06. The second kappa shape index (κ2) is 9.49. The van der Waals surface area contributed by atoms with E-state index in [-0.39, 0.29) is 12.2 Å². The van der Waals surface area contributed by atoms with Crippen molar-refractivity contribution < 1.29 is 9.53 Å². The van der Waals surface area contributed by atoms with Gasteiger partial charge in [0, 0.05) is 6.54 Å². The first-order valence-electron chi connectivity index (χ1n) is 6.50. The predicted molar refractivity (Wildman–Crippen MR) is 67.5 cm³/mol. The molecule has 0 aromatic heterocycles. The van der Waals surface area contributed by atoms with Crippen LogP contribution in [0.4, 0.5) is 4.79 Å². The molecule has 96 valence electrons. The molecule has 0 aromatic carbocycles. The molecule has 16 heavy (non-hydrogen) atoms. The summed E-state index contributed by atoms with van der Waals surface area (Å²) < 4.78 is 4.97. The summed E-state index contributed by atoms with van der Waals surface area (Å²) in [5, 5.41) is 2.76. The molecule has 0 spiro atoms. The quantitative estimate of drug-likeness (QED) is 0.644. The number of hydrogen-bond donors (Lipinski definition) is 1. The number of nitrogens with one attached hydrogen (secondary N) is 1. The number of hydrogen-bond acceptors (Lipinski definition) is 2. The molecule has 0 bridgehead atoms. The zero-order valence-electron chi connectivity index (χ0n) is 11.2. The minimum absolute atomic E-state index is 0.0374. The Hall–Kier alpha value is -0.730. The molecule has 0 aliphatic carbocycles. The van der Waals surface area contributed by atoms with E-state index in [0.29, 0.717) is 0 Å². The maximum atomic E-state index is 11.1. The van der Waals surface area contributed by atoms with Gasteiger partial charge in [0.05, 0.1) is 6.10 Å². The molecule has 0 aliphatic rings. The number of carbonyl (C=O) groups is 1. The van der Waals surface area contributed by atoms with E-state index in [1.165, 1.54) is 25.7 Å². The van der Waals surface area contributed by atoms with Crippen molar-refractivity contribution in [1.29, 1.82) is 0 Å². The molecular weight excluding hydrogens is 202 g/mol. The summed E-state index contributed by atoms with van der Waals surface area (Å²) in [7, 11) is 0. The van der Waals surface area contributed by atoms with Gasteiger partial charge in [-0.1, -0.05) is 39.5 Å². The number of amides is 1. The summed E-state index contributed by atoms with van der Waals surface area (Å²) >= 11 is 0. The third-order valence-corrected chi connectivity index (χ3v) is 2.52. The van der Waals surface area contributed by atoms with Gasteiger partial charge >= 0.3 is 6.09 Å². The largest absolute Gasteiger partial charge is 0.447 e. The van der Waals surface area contributed by atoms with E-state index in [1.807, 2.05) is 13.8 Å². The number of ether oxygens (including phenoxy) is 1. The van der Waals surface area contributed by atoms with Gasteiger partial charge in [0.2, 0.25) is 0 Å². The fourth-order valence-electron chi connectivity index (χ4n) is 1.70. The minimum Gasteiger partial charge on any atom is -0.447 e. The highest BCUT2D eigenvalue weighted by Gasteiger charge is 2.04. The summed E-state index contributed by atoms with van der Waals surface area (Å²) in [6.45, 7) is 8.95. The molecule has 3 nitrogen and oxygen atoms in total. The normalized spacial score (nSPS) is 12.6. The van der Waals surface area contributed by atoms with Crippen molar-refractivity contribution in [3.63, 3.8) is 0 Å². The molecule has 1 atom stereocenters. The fraction of sp³-hybridized carbons (Fsp3) is 0.923. The molecule has 0 saturated carbocycles. The van der Waals surface area contributed by atoms with E-state index in [4.69, 9.17) is 4.74 Å². The summed E-state index contributed by atoms with van der Waals surface area (Å²) in [6, 6.07) is 0. The first kappa shape index (κ1) is 15.3. The number of rotatable bonds is 8. The van der Waals surface area contributed by atoms with E-state index >= 15 is 0 Å². The van der Waals surface area contributed by atoms with Crippen molar-refractivity contribution in [1.82, 2.24) is 5.32 Å². The van der Waals surface area contributed by atoms with Gasteiger partial charge in [0.15, 0.2) is 0 Å². The van der Waals surface area contributed by atoms with Crippen LogP contribution in [-0.2, 0) is 4.74 Å². The second-order valence-corrected chi connectivity index (χ2v) is 4.77. The Bertz CT molecular complexity index is 181. The lowest BCUT2D eigenvalue weighted by molar-refractivity contribution is 0.115. The molecule has 1 amide bonds. The van der Waals surface area contributed by atoms with Gasteiger partial charge in [0.1, 0.15) is 0 Å². The first-order chi connectivity index (χ1) is 7.56. The maximum Gasteiger partial charge on any atom is 0.407 e. The molecule has 0 aliphatic heterocycles. The second-order valence-electron chi connectivity index (χ2n) is 4.77. The molecule has 0 heterocycles. The highest BCUT2D eigenvalue weighted by atomic mass is 16.6. The summed E-state index contributed by atoms with van der Waals surface area (Å²) in [5.41, 5.74) is 0. The highest BCUT2D eigenvalue weighted by molar-refractivity contribution is 5.67. The van der Waals surface area contributed by atoms with Gasteiger partial charge in [-0.25, -0.2) is 4.79 Å². The molecule has 1 N–H and O–H groups in total. The van der Waals surface area contributed by atoms with Crippen molar-refractivity contribution >= 4 is 6.09 Å². The average Bonchev–Trinajstić information content (AvgIpc) is 2.16. The van der Waals surface area contributed by atoms with Crippen molar-refractivity contribution in [2.75, 3.05) is 6.54 Å². The third-order valence-electron chi connectivity index (χ3n) is 2.52. The van der Waals surface area contributed by atoms with Crippen molar-refractivity contribution in [2.45, 2.75) is 65.9 Å². The van der Waals surface area contributed by atoms with Crippen LogP contribution in [0.2, 0.25) is 0 Å². The van der Waals surface area contributed by atoms with Gasteiger partial charge in [-0.05, 0) is 26.2 Å². The Morgan fingerprint density at radius 3 is 2.44 bits per heavy atom. The van der Waals surface area contributed by atoms with Crippen LogP contribution in [0.1, 0.15) is 59.8 Å². The van der Waals surface area contributed by atoms with Gasteiger partial charge in [0.25, 0.3) is 0 Å². The Balaban J connectivity index is 3.29. The summed E-state index contributed by atoms with van der Waals surface area (Å²) in [6.07, 6.45) is 5.73. The van der Waals surface area contributed by atoms with E-state index in [1.54, 1.807) is 0 Å². The number of carbonyl (C=O) groups excluding carboxylic acids is 1. The van der Waals surface area contributed by atoms with Gasteiger partial charge in [-0.3, -0.25) is 0 Å². The lowest BCUT2D eigenvalue weighted by Crippen LogP contribution is -2.27. The van der Waals surface area contributed by atoms with Gasteiger partial charge in [-0.2, -0.15) is 0 Å². The average molecular weight is 229 g/mol. The molecule has 1 unspecified atom stereocenters. The van der Waals surface area contributed by atoms with Crippen LogP contribution in [0, 0.1) is 5.92 Å². The van der Waals surface area contributed by atoms with Gasteiger partial charge < -0.3 is 10.1 Å². The van der Waals surface area contributed by atoms with Crippen LogP contribution in [0.15, 0.2) is 0 Å². The van der Waals surface area contributed by atoms with Crippen LogP contribution in [0.3, 0.4) is 0 Å². The fourth-order valence-corrected chi connectivity index (χ4v) is 1.70. The standard InChI is InChI=1S/C13H27NO2/c1-5-8-12(4)9-6-7-10-14-13(15)16-11(2)3/h11-12H,5-10H2,1-4H3,(H,14,15). The SMILES string of the molecule is CCCC(C)CCCCNC(=O)OC(C)C. The highest BCUT2D eigenvalue weighted by Crippen LogP contribution is 2.12. The van der Waals surface area contributed by atoms with E-state index in [0.717, 1.165) is 18.9 Å². The molecular formula is C13H27NO2. The smallest absolute Gasteiger partial charge is 0.407 e. The lowest BCUT2D eigenvalue weighted by Gasteiger charge is -2.11. The van der Waals surface area contributed by atoms with Crippen molar-refractivity contribution in [2.24, 2.45) is 5.92 Å². The zero-order valence-corrected chi connectivity index (χ0v) is 11.2. The van der Waals surface area contributed by atoms with Crippen LogP contribution >= 0.6 is 0 Å². The van der Waals surface area contributed by atoms with Crippen molar-refractivity contribution in [3.05, 3.63) is 0 Å². The topological polar surface area (TPSA) is 38.3 Å². The molecule has 0 radical (unpaired) electrons. The maximum absolute atomic E-state index is 11.1. The van der Waals surface area contributed by atoms with Crippen LogP contribution in [0.25, 0.3) is 0 Å². The summed E-state index contributed by atoms with van der Waals surface area (Å²) in [4.78, 5) is 11.1. The molecule has 0 aromatic rings. The first-order valence-corrected chi connectivity index (χ1v) is 6.50. The van der Waals surface area contributed by atoms with Gasteiger partial charge in [-0.15, -0.1) is 0 Å². The zero-order chi connectivity index (χ0) is 12.4. The molecule has 0 fully saturated rings. The van der Waals surface area contributed by atoms with Crippen molar-refractivity contribution in [3.8, 4) is 0 Å². The molecule has 0 rings (SSSR count). The van der Waals surface area contributed by atoms with Crippen LogP contribution in [-0.4, -0.2) is 18.7 Å². The lowest BCUT2D eigenvalue weighted by atomic mass is 9.99. The Morgan fingerprint density at radius 2 is 1.88 bits per heavy atom. The van der Waals surface area contributed by atoms with E-state index in [2.05, 4.69) is 19.2 Å². The number of unbranched alkanes of at least 4 members (excludes halogenated alkanes) is 1. The molecule has 3 heteroatoms. The molecule has 0 saturated heterocycles. The number of alkyl carbamates (subject to hydrolysis) is 1. The Morgan fingerprint density at radius 1 is 1.19 bits per heavy atom. The minimum atomic E-state index is -0.295. The monoisotopic (exact) mass is 229 g/mol. The predicted octanol–water partition coefficient (Wildman–Crippen LogP) is 3.73. The van der Waals surface area contributed by atoms with Crippen LogP contribution in [0.5, 0.6) is 0 Å². The van der Waals surface area contributed by atoms with E-state index in [9.17, 15) is 4.79 Å². The van der Waals surface area contributed by atoms with Crippen LogP contribution < -0.4 is 5.32 Å². The summed E-state index contributed by atoms with van der Waals surface area (Å²) in [5.74, 6) is 0.813. The Labute approximate surface area is 99.9 Å². The van der Waals surface area contributed by atoms with E-state index < -0.39 is 0 Å². The third kappa shape index (κ3) is 9.81.